The summed E-state index contributed by atoms with van der Waals surface area (Å²) in [6, 6.07) is 6.31. The maximum absolute atomic E-state index is 5.83. The fourth-order valence-corrected chi connectivity index (χ4v) is 2.90. The molecule has 1 aromatic rings. The van der Waals surface area contributed by atoms with Crippen LogP contribution in [-0.2, 0) is 4.74 Å². The van der Waals surface area contributed by atoms with E-state index in [9.17, 15) is 0 Å². The molecule has 1 aliphatic heterocycles. The van der Waals surface area contributed by atoms with E-state index < -0.39 is 0 Å². The first-order valence-corrected chi connectivity index (χ1v) is 8.12. The van der Waals surface area contributed by atoms with Crippen molar-refractivity contribution in [2.75, 3.05) is 26.2 Å². The second-order valence-electron chi connectivity index (χ2n) is 6.32. The molecule has 21 heavy (non-hydrogen) atoms. The molecule has 0 bridgehead atoms. The van der Waals surface area contributed by atoms with Gasteiger partial charge in [-0.15, -0.1) is 0 Å². The highest BCUT2D eigenvalue weighted by Crippen LogP contribution is 2.17. The lowest BCUT2D eigenvalue weighted by molar-refractivity contribution is -0.0682. The molecule has 1 aromatic carbocycles. The molecule has 0 spiro atoms. The van der Waals surface area contributed by atoms with Crippen molar-refractivity contribution >= 4 is 0 Å². The highest BCUT2D eigenvalue weighted by atomic mass is 16.5. The van der Waals surface area contributed by atoms with Gasteiger partial charge in [0.1, 0.15) is 5.75 Å². The number of benzene rings is 1. The predicted octanol–water partition coefficient (Wildman–Crippen LogP) is 3.57. The van der Waals surface area contributed by atoms with E-state index in [0.29, 0.717) is 12.2 Å². The summed E-state index contributed by atoms with van der Waals surface area (Å²) in [7, 11) is 0. The standard InChI is InChI=1S/C18H29NO2/c1-14-7-8-18(11-15(14)2)20-10-6-5-9-19-12-16(3)21-17(4)13-19/h7-8,11,16-17H,5-6,9-10,12-13H2,1-4H3/t16-,17-/m0/s1. The lowest BCUT2D eigenvalue weighted by Crippen LogP contribution is -2.45. The molecule has 0 radical (unpaired) electrons. The first-order valence-electron chi connectivity index (χ1n) is 8.12. The van der Waals surface area contributed by atoms with E-state index >= 15 is 0 Å². The smallest absolute Gasteiger partial charge is 0.119 e. The van der Waals surface area contributed by atoms with Gasteiger partial charge in [-0.1, -0.05) is 6.07 Å². The molecule has 0 aromatic heterocycles. The number of rotatable bonds is 6. The van der Waals surface area contributed by atoms with Crippen molar-refractivity contribution in [3.63, 3.8) is 0 Å². The van der Waals surface area contributed by atoms with E-state index in [1.807, 2.05) is 0 Å². The Balaban J connectivity index is 1.62. The molecule has 1 aliphatic rings. The minimum atomic E-state index is 0.362. The van der Waals surface area contributed by atoms with E-state index in [4.69, 9.17) is 9.47 Å². The molecule has 118 valence electrons. The lowest BCUT2D eigenvalue weighted by atomic mass is 10.1. The fraction of sp³-hybridized carbons (Fsp3) is 0.667. The van der Waals surface area contributed by atoms with E-state index in [1.165, 1.54) is 17.5 Å². The Morgan fingerprint density at radius 1 is 1.10 bits per heavy atom. The molecule has 1 heterocycles. The molecule has 1 fully saturated rings. The second kappa shape index (κ2) is 7.81. The summed E-state index contributed by atoms with van der Waals surface area (Å²) in [5.41, 5.74) is 2.61. The Bertz CT molecular complexity index is 437. The van der Waals surface area contributed by atoms with Crippen LogP contribution in [0.5, 0.6) is 5.75 Å². The summed E-state index contributed by atoms with van der Waals surface area (Å²) in [5.74, 6) is 0.992. The van der Waals surface area contributed by atoms with Crippen LogP contribution in [0.2, 0.25) is 0 Å². The van der Waals surface area contributed by atoms with E-state index in [-0.39, 0.29) is 0 Å². The number of nitrogens with zero attached hydrogens (tertiary/aromatic N) is 1. The number of unbranched alkanes of at least 4 members (excludes halogenated alkanes) is 1. The number of aryl methyl sites for hydroxylation is 2. The zero-order valence-electron chi connectivity index (χ0n) is 13.9. The molecular formula is C18H29NO2. The summed E-state index contributed by atoms with van der Waals surface area (Å²) in [6.07, 6.45) is 3.01. The number of morpholine rings is 1. The number of ether oxygens (including phenoxy) is 2. The van der Waals surface area contributed by atoms with Gasteiger partial charge in [0.2, 0.25) is 0 Å². The van der Waals surface area contributed by atoms with Crippen LogP contribution in [0.3, 0.4) is 0 Å². The van der Waals surface area contributed by atoms with Crippen LogP contribution in [0, 0.1) is 13.8 Å². The maximum atomic E-state index is 5.83. The molecule has 3 nitrogen and oxygen atoms in total. The van der Waals surface area contributed by atoms with Crippen LogP contribution in [0.4, 0.5) is 0 Å². The van der Waals surface area contributed by atoms with Crippen LogP contribution in [0.1, 0.15) is 37.8 Å². The third-order valence-electron chi connectivity index (χ3n) is 4.11. The maximum Gasteiger partial charge on any atom is 0.119 e. The third kappa shape index (κ3) is 5.33. The van der Waals surface area contributed by atoms with Crippen molar-refractivity contribution in [1.29, 1.82) is 0 Å². The second-order valence-corrected chi connectivity index (χ2v) is 6.32. The summed E-state index contributed by atoms with van der Waals surface area (Å²) in [4.78, 5) is 2.51. The SMILES string of the molecule is Cc1ccc(OCCCCN2C[C@H](C)O[C@@H](C)C2)cc1C. The Morgan fingerprint density at radius 2 is 1.81 bits per heavy atom. The zero-order chi connectivity index (χ0) is 15.2. The third-order valence-corrected chi connectivity index (χ3v) is 4.11. The van der Waals surface area contributed by atoms with Crippen LogP contribution >= 0.6 is 0 Å². The van der Waals surface area contributed by atoms with Crippen molar-refractivity contribution < 1.29 is 9.47 Å². The molecule has 0 saturated carbocycles. The first-order chi connectivity index (χ1) is 10.0. The predicted molar refractivity (Wildman–Crippen MR) is 87.1 cm³/mol. The molecule has 0 N–H and O–H groups in total. The average Bonchev–Trinajstić information content (AvgIpc) is 2.41. The summed E-state index contributed by atoms with van der Waals surface area (Å²) < 4.78 is 11.6. The molecule has 3 heteroatoms. The largest absolute Gasteiger partial charge is 0.494 e. The van der Waals surface area contributed by atoms with Gasteiger partial charge in [-0.2, -0.15) is 0 Å². The number of hydrogen-bond donors (Lipinski definition) is 0. The molecule has 0 amide bonds. The highest BCUT2D eigenvalue weighted by Gasteiger charge is 2.21. The van der Waals surface area contributed by atoms with Crippen molar-refractivity contribution in [1.82, 2.24) is 4.90 Å². The monoisotopic (exact) mass is 291 g/mol. The number of hydrogen-bond acceptors (Lipinski definition) is 3. The lowest BCUT2D eigenvalue weighted by Gasteiger charge is -2.35. The van der Waals surface area contributed by atoms with Gasteiger partial charge in [-0.05, 0) is 70.3 Å². The topological polar surface area (TPSA) is 21.7 Å². The molecule has 0 unspecified atom stereocenters. The van der Waals surface area contributed by atoms with E-state index in [2.05, 4.69) is 50.8 Å². The minimum Gasteiger partial charge on any atom is -0.494 e. The van der Waals surface area contributed by atoms with Gasteiger partial charge in [-0.3, -0.25) is 4.90 Å². The Labute approximate surface area is 129 Å². The van der Waals surface area contributed by atoms with Gasteiger partial charge >= 0.3 is 0 Å². The van der Waals surface area contributed by atoms with Crippen molar-refractivity contribution in [2.45, 2.75) is 52.7 Å². The Kier molecular flexibility index (Phi) is 6.07. The molecule has 0 aliphatic carbocycles. The van der Waals surface area contributed by atoms with Crippen molar-refractivity contribution in [2.24, 2.45) is 0 Å². The summed E-state index contributed by atoms with van der Waals surface area (Å²) in [6.45, 7) is 12.6. The molecule has 2 rings (SSSR count). The Morgan fingerprint density at radius 3 is 2.48 bits per heavy atom. The van der Waals surface area contributed by atoms with Gasteiger partial charge in [0, 0.05) is 13.1 Å². The van der Waals surface area contributed by atoms with Gasteiger partial charge in [0.15, 0.2) is 0 Å². The normalized spacial score (nSPS) is 23.2. The van der Waals surface area contributed by atoms with Crippen LogP contribution < -0.4 is 4.74 Å². The fourth-order valence-electron chi connectivity index (χ4n) is 2.90. The molecule has 1 saturated heterocycles. The molecule has 2 atom stereocenters. The van der Waals surface area contributed by atoms with Gasteiger partial charge < -0.3 is 9.47 Å². The minimum absolute atomic E-state index is 0.362. The summed E-state index contributed by atoms with van der Waals surface area (Å²) in [5, 5.41) is 0. The van der Waals surface area contributed by atoms with Gasteiger partial charge in [-0.25, -0.2) is 0 Å². The summed E-state index contributed by atoms with van der Waals surface area (Å²) >= 11 is 0. The van der Waals surface area contributed by atoms with Crippen LogP contribution in [-0.4, -0.2) is 43.3 Å². The quantitative estimate of drug-likeness (QED) is 0.748. The van der Waals surface area contributed by atoms with Gasteiger partial charge in [0.25, 0.3) is 0 Å². The average molecular weight is 291 g/mol. The highest BCUT2D eigenvalue weighted by molar-refractivity contribution is 5.33. The molecular weight excluding hydrogens is 262 g/mol. The van der Waals surface area contributed by atoms with Crippen molar-refractivity contribution in [3.05, 3.63) is 29.3 Å². The zero-order valence-corrected chi connectivity index (χ0v) is 13.9. The van der Waals surface area contributed by atoms with E-state index in [0.717, 1.165) is 38.4 Å². The van der Waals surface area contributed by atoms with Crippen LogP contribution in [0.15, 0.2) is 18.2 Å². The van der Waals surface area contributed by atoms with Gasteiger partial charge in [0.05, 0.1) is 18.8 Å². The Hall–Kier alpha value is -1.06. The van der Waals surface area contributed by atoms with Crippen molar-refractivity contribution in [3.8, 4) is 5.75 Å². The van der Waals surface area contributed by atoms with E-state index in [1.54, 1.807) is 0 Å². The first kappa shape index (κ1) is 16.3. The van der Waals surface area contributed by atoms with Crippen LogP contribution in [0.25, 0.3) is 0 Å².